The molecule has 0 aliphatic heterocycles. The van der Waals surface area contributed by atoms with Gasteiger partial charge in [0.05, 0.1) is 11.8 Å². The Balaban J connectivity index is 4.98. The molecule has 0 aromatic heterocycles. The molecule has 0 saturated heterocycles. The summed E-state index contributed by atoms with van der Waals surface area (Å²) in [6, 6.07) is 0. The van der Waals surface area contributed by atoms with Gasteiger partial charge >= 0.3 is 13.6 Å². The zero-order valence-corrected chi connectivity index (χ0v) is 16.7. The number of rotatable bonds is 15. The Morgan fingerprint density at radius 2 is 1.38 bits per heavy atom. The van der Waals surface area contributed by atoms with Crippen LogP contribution in [0.5, 0.6) is 0 Å². The van der Waals surface area contributed by atoms with Crippen molar-refractivity contribution in [2.45, 2.75) is 103 Å². The van der Waals surface area contributed by atoms with Crippen molar-refractivity contribution in [2.75, 3.05) is 6.61 Å². The van der Waals surface area contributed by atoms with Crippen molar-refractivity contribution in [3.05, 3.63) is 0 Å². The summed E-state index contributed by atoms with van der Waals surface area (Å²) in [5, 5.41) is -1.07. The van der Waals surface area contributed by atoms with E-state index in [-0.39, 0.29) is 18.8 Å². The number of carbonyl (C=O) groups excluding carboxylic acids is 1. The molecule has 0 heterocycles. The lowest BCUT2D eigenvalue weighted by molar-refractivity contribution is -0.143. The summed E-state index contributed by atoms with van der Waals surface area (Å²) in [6.07, 6.45) is 9.16. The van der Waals surface area contributed by atoms with Crippen LogP contribution in [0, 0.1) is 0 Å². The third-order valence-electron chi connectivity index (χ3n) is 4.71. The molecule has 0 aliphatic carbocycles. The third kappa shape index (κ3) is 9.19. The van der Waals surface area contributed by atoms with Crippen LogP contribution in [0.2, 0.25) is 0 Å². The first-order valence-corrected chi connectivity index (χ1v) is 11.2. The molecule has 24 heavy (non-hydrogen) atoms. The minimum atomic E-state index is -4.29. The van der Waals surface area contributed by atoms with Crippen LogP contribution in [0.15, 0.2) is 0 Å². The van der Waals surface area contributed by atoms with Crippen molar-refractivity contribution in [3.63, 3.8) is 0 Å². The highest BCUT2D eigenvalue weighted by Crippen LogP contribution is 2.58. The highest BCUT2D eigenvalue weighted by Gasteiger charge is 2.45. The lowest BCUT2D eigenvalue weighted by Gasteiger charge is -2.34. The van der Waals surface area contributed by atoms with E-state index in [4.69, 9.17) is 4.74 Å². The van der Waals surface area contributed by atoms with Crippen molar-refractivity contribution in [1.82, 2.24) is 0 Å². The molecule has 0 rings (SSSR count). The molecule has 144 valence electrons. The Morgan fingerprint density at radius 3 is 1.75 bits per heavy atom. The Morgan fingerprint density at radius 1 is 0.875 bits per heavy atom. The van der Waals surface area contributed by atoms with Gasteiger partial charge in [-0.25, -0.2) is 0 Å². The van der Waals surface area contributed by atoms with E-state index in [1.54, 1.807) is 6.92 Å². The fraction of sp³-hybridized carbons (Fsp3) is 0.944. The molecule has 0 aliphatic rings. The maximum absolute atomic E-state index is 12.3. The summed E-state index contributed by atoms with van der Waals surface area (Å²) >= 11 is 0. The van der Waals surface area contributed by atoms with Crippen LogP contribution in [0.1, 0.15) is 97.8 Å². The van der Waals surface area contributed by atoms with E-state index >= 15 is 0 Å². The largest absolute Gasteiger partial charge is 0.466 e. The smallest absolute Gasteiger partial charge is 0.331 e. The summed E-state index contributed by atoms with van der Waals surface area (Å²) in [6.45, 7) is 6.27. The van der Waals surface area contributed by atoms with Crippen LogP contribution >= 0.6 is 7.60 Å². The minimum absolute atomic E-state index is 0.0838. The summed E-state index contributed by atoms with van der Waals surface area (Å²) in [7, 11) is -4.29. The quantitative estimate of drug-likeness (QED) is 0.237. The fourth-order valence-electron chi connectivity index (χ4n) is 3.14. The van der Waals surface area contributed by atoms with Gasteiger partial charge in [0.2, 0.25) is 0 Å². The van der Waals surface area contributed by atoms with Gasteiger partial charge in [-0.05, 0) is 26.2 Å². The predicted molar refractivity (Wildman–Crippen MR) is 98.2 cm³/mol. The fourth-order valence-corrected chi connectivity index (χ4v) is 4.44. The van der Waals surface area contributed by atoms with E-state index in [9.17, 15) is 19.1 Å². The van der Waals surface area contributed by atoms with Crippen LogP contribution in [-0.2, 0) is 14.1 Å². The molecule has 0 saturated carbocycles. The Labute approximate surface area is 147 Å². The molecule has 0 fully saturated rings. The first-order chi connectivity index (χ1) is 11.3. The van der Waals surface area contributed by atoms with Crippen molar-refractivity contribution < 1.29 is 23.9 Å². The molecule has 0 amide bonds. The van der Waals surface area contributed by atoms with E-state index in [1.165, 1.54) is 0 Å². The van der Waals surface area contributed by atoms with Crippen LogP contribution in [0.4, 0.5) is 0 Å². The highest BCUT2D eigenvalue weighted by molar-refractivity contribution is 7.53. The molecule has 0 aromatic carbocycles. The number of hydrogen-bond donors (Lipinski definition) is 2. The van der Waals surface area contributed by atoms with Crippen molar-refractivity contribution in [2.24, 2.45) is 0 Å². The molecule has 0 atom stereocenters. The normalized spacial score (nSPS) is 12.4. The van der Waals surface area contributed by atoms with Crippen LogP contribution < -0.4 is 0 Å². The summed E-state index contributed by atoms with van der Waals surface area (Å²) in [4.78, 5) is 31.8. The SMILES string of the molecule is CCCCCCC(CCCCCC)(CCC(=O)OCC)P(=O)(O)O. The van der Waals surface area contributed by atoms with Crippen LogP contribution in [0.25, 0.3) is 0 Å². The molecule has 2 N–H and O–H groups in total. The van der Waals surface area contributed by atoms with E-state index in [2.05, 4.69) is 13.8 Å². The predicted octanol–water partition coefficient (Wildman–Crippen LogP) is 5.19. The van der Waals surface area contributed by atoms with Crippen molar-refractivity contribution in [1.29, 1.82) is 0 Å². The minimum Gasteiger partial charge on any atom is -0.466 e. The first-order valence-electron chi connectivity index (χ1n) is 9.54. The van der Waals surface area contributed by atoms with Crippen molar-refractivity contribution >= 4 is 13.6 Å². The average molecular weight is 364 g/mol. The first kappa shape index (κ1) is 23.6. The number of esters is 1. The van der Waals surface area contributed by atoms with E-state index < -0.39 is 12.8 Å². The molecular weight excluding hydrogens is 327 g/mol. The summed E-state index contributed by atoms with van der Waals surface area (Å²) < 4.78 is 17.2. The number of hydrogen-bond acceptors (Lipinski definition) is 3. The van der Waals surface area contributed by atoms with E-state index in [1.807, 2.05) is 0 Å². The third-order valence-corrected chi connectivity index (χ3v) is 6.62. The maximum atomic E-state index is 12.3. The molecular formula is C18H37O5P. The van der Waals surface area contributed by atoms with Gasteiger partial charge in [-0.3, -0.25) is 9.36 Å². The zero-order chi connectivity index (χ0) is 18.5. The van der Waals surface area contributed by atoms with E-state index in [0.717, 1.165) is 51.4 Å². The Kier molecular flexibility index (Phi) is 12.7. The standard InChI is InChI=1S/C18H37O5P/c1-4-7-9-11-14-18(24(20,21)22,15-12-10-8-5-2)16-13-17(19)23-6-3/h4-16H2,1-3H3,(H2,20,21,22). The maximum Gasteiger partial charge on any atom is 0.331 e. The molecule has 0 radical (unpaired) electrons. The topological polar surface area (TPSA) is 83.8 Å². The van der Waals surface area contributed by atoms with E-state index in [0.29, 0.717) is 19.4 Å². The van der Waals surface area contributed by atoms with Crippen LogP contribution in [-0.4, -0.2) is 27.5 Å². The van der Waals surface area contributed by atoms with Gasteiger partial charge in [-0.1, -0.05) is 65.2 Å². The van der Waals surface area contributed by atoms with Gasteiger partial charge in [0.1, 0.15) is 0 Å². The number of ether oxygens (including phenoxy) is 1. The summed E-state index contributed by atoms with van der Waals surface area (Å²) in [5.74, 6) is -0.363. The van der Waals surface area contributed by atoms with Gasteiger partial charge in [0.25, 0.3) is 0 Å². The molecule has 5 nitrogen and oxygen atoms in total. The van der Waals surface area contributed by atoms with Gasteiger partial charge in [0.15, 0.2) is 0 Å². The molecule has 0 unspecified atom stereocenters. The molecule has 6 heteroatoms. The molecule has 0 spiro atoms. The van der Waals surface area contributed by atoms with Gasteiger partial charge < -0.3 is 14.5 Å². The Hall–Kier alpha value is -0.380. The number of carbonyl (C=O) groups is 1. The van der Waals surface area contributed by atoms with Gasteiger partial charge in [-0.15, -0.1) is 0 Å². The van der Waals surface area contributed by atoms with Crippen molar-refractivity contribution in [3.8, 4) is 0 Å². The zero-order valence-electron chi connectivity index (χ0n) is 15.8. The number of unbranched alkanes of at least 4 members (excludes halogenated alkanes) is 6. The van der Waals surface area contributed by atoms with Crippen LogP contribution in [0.3, 0.4) is 0 Å². The lowest BCUT2D eigenvalue weighted by Crippen LogP contribution is -2.30. The molecule has 0 bridgehead atoms. The van der Waals surface area contributed by atoms with Gasteiger partial charge in [0, 0.05) is 6.42 Å². The monoisotopic (exact) mass is 364 g/mol. The average Bonchev–Trinajstić information content (AvgIpc) is 2.51. The second kappa shape index (κ2) is 12.9. The second-order valence-corrected chi connectivity index (χ2v) is 8.73. The molecule has 0 aromatic rings. The lowest BCUT2D eigenvalue weighted by atomic mass is 9.89. The van der Waals surface area contributed by atoms with Gasteiger partial charge in [-0.2, -0.15) is 0 Å². The Bertz CT molecular complexity index is 366. The highest BCUT2D eigenvalue weighted by atomic mass is 31.2. The summed E-state index contributed by atoms with van der Waals surface area (Å²) in [5.41, 5.74) is 0. The second-order valence-electron chi connectivity index (χ2n) is 6.69.